The molecule has 0 saturated heterocycles. The van der Waals surface area contributed by atoms with Crippen molar-refractivity contribution in [1.29, 1.82) is 0 Å². The summed E-state index contributed by atoms with van der Waals surface area (Å²) in [5.41, 5.74) is 66.2. The Morgan fingerprint density at radius 2 is 0.493 bits per heavy atom. The van der Waals surface area contributed by atoms with Crippen LogP contribution in [0.1, 0.15) is 285 Å². The van der Waals surface area contributed by atoms with Crippen LogP contribution in [0.2, 0.25) is 0 Å². The molecule has 0 unspecified atom stereocenters. The van der Waals surface area contributed by atoms with Crippen molar-refractivity contribution in [1.82, 2.24) is 44.3 Å². The molecule has 793 valence electrons. The van der Waals surface area contributed by atoms with Crippen molar-refractivity contribution in [3.8, 4) is 67.8 Å². The monoisotopic (exact) mass is 2810 g/mol. The molecule has 14 heteroatoms. The number of aromatic nitrogens is 9. The van der Waals surface area contributed by atoms with Gasteiger partial charge in [0.05, 0.1) is 11.6 Å². The number of nitrogens with zero attached hydrogens (tertiary/aromatic N) is 9. The second-order valence-corrected chi connectivity index (χ2v) is 36.3. The fraction of sp³-hybridized carbons (Fsp3) is 0.389. The van der Waals surface area contributed by atoms with Crippen LogP contribution in [-0.2, 0) is 115 Å². The molecule has 14 aromatic rings. The summed E-state index contributed by atoms with van der Waals surface area (Å²) in [7, 11) is 4.00. The van der Waals surface area contributed by atoms with Crippen LogP contribution < -0.4 is 0 Å². The van der Waals surface area contributed by atoms with Gasteiger partial charge in [-0.15, -0.1) is 204 Å². The molecule has 14 rings (SSSR count). The molecule has 0 atom stereocenters. The zero-order valence-corrected chi connectivity index (χ0v) is 106. The number of rotatable bonds is 6. The van der Waals surface area contributed by atoms with E-state index in [1.807, 2.05) is 24.9 Å². The van der Waals surface area contributed by atoms with Gasteiger partial charge >= 0.3 is 80.4 Å². The van der Waals surface area contributed by atoms with E-state index in [9.17, 15) is 0 Å². The van der Waals surface area contributed by atoms with Crippen molar-refractivity contribution in [2.75, 3.05) is 0 Å². The number of hydrogen-bond donors (Lipinski definition) is 0. The minimum Gasteiger partial charge on any atom is -0.371 e. The molecule has 0 aliphatic heterocycles. The minimum absolute atomic E-state index is 0. The molecule has 1 radical (unpaired) electrons. The Kier molecular flexibility index (Phi) is 60.5. The maximum absolute atomic E-state index is 5.09. The van der Waals surface area contributed by atoms with E-state index in [4.69, 9.17) is 25.9 Å². The van der Waals surface area contributed by atoms with E-state index in [0.717, 1.165) is 96.4 Å². The Hall–Kier alpha value is -7.52. The summed E-state index contributed by atoms with van der Waals surface area (Å²) < 4.78 is 24.0. The summed E-state index contributed by atoms with van der Waals surface area (Å²) in [5.74, 6) is 2.71. The Morgan fingerprint density at radius 3 is 0.814 bits per heavy atom. The minimum atomic E-state index is 0. The molecule has 6 aromatic heterocycles. The van der Waals surface area contributed by atoms with Crippen molar-refractivity contribution in [2.45, 2.75) is 327 Å². The third-order valence-electron chi connectivity index (χ3n) is 29.3. The van der Waals surface area contributed by atoms with Crippen molar-refractivity contribution >= 4 is 21.5 Å². The predicted octanol–water partition coefficient (Wildman–Crippen LogP) is 37.2. The van der Waals surface area contributed by atoms with E-state index in [1.54, 1.807) is 0 Å². The normalized spacial score (nSPS) is 9.99. The topological polar surface area (TPSA) is 100 Å². The summed E-state index contributed by atoms with van der Waals surface area (Å²) in [6.45, 7) is 95.0. The molecule has 0 N–H and O–H groups in total. The van der Waals surface area contributed by atoms with Crippen LogP contribution in [0.25, 0.3) is 89.4 Å². The average Bonchev–Trinajstić information content (AvgIpc) is 0.904. The first-order valence-electron chi connectivity index (χ1n) is 46.2. The molecule has 8 aromatic carbocycles. The summed E-state index contributed by atoms with van der Waals surface area (Å²) in [4.78, 5) is 28.7. The third kappa shape index (κ3) is 29.2. The molecule has 140 heavy (non-hydrogen) atoms. The van der Waals surface area contributed by atoms with Gasteiger partial charge < -0.3 is 83.9 Å². The molecule has 0 aliphatic rings. The molecule has 0 spiro atoms. The van der Waals surface area contributed by atoms with Crippen molar-refractivity contribution < 1.29 is 118 Å². The van der Waals surface area contributed by atoms with E-state index in [2.05, 4.69) is 373 Å². The first-order chi connectivity index (χ1) is 59.6. The maximum atomic E-state index is 5.09. The Labute approximate surface area is 944 Å². The number of benzene rings is 8. The van der Waals surface area contributed by atoms with Gasteiger partial charge in [-0.2, -0.15) is 5.10 Å². The average molecular weight is 2810 g/mol. The molecule has 6 heterocycles. The van der Waals surface area contributed by atoms with Crippen LogP contribution in [-0.4, -0.2) is 44.3 Å². The molecule has 0 aliphatic carbocycles. The Balaban J connectivity index is -0.0000000858. The maximum Gasteiger partial charge on any atom is 3.00 e. The Morgan fingerprint density at radius 1 is 0.229 bits per heavy atom. The van der Waals surface area contributed by atoms with E-state index >= 15 is 0 Å². The second-order valence-electron chi connectivity index (χ2n) is 36.3. The third-order valence-corrected chi connectivity index (χ3v) is 29.3. The molecule has 0 saturated carbocycles. The van der Waals surface area contributed by atoms with Crippen LogP contribution in [0.3, 0.4) is 0 Å². The quantitative estimate of drug-likeness (QED) is 0.153. The fourth-order valence-electron chi connectivity index (χ4n) is 17.3. The standard InChI is InChI=1S/C25H30N.C24H28N.2C18H22N.C16H21N2.C14H18N3.3CH4.8CH3.5Ir.10H2/c1-12-11-22(17(6)14(3)13(12)2)25-24-19(8)16(5)15(4)18(7)23(24)20(9)21(10)26-25;1-12-10-21(18(7)15(4)14(12)3)24-23-20(9)17(6)16(5)19(8)22(23)13(2)11-25-24;2*1-10-8-12(3)17(9-11(10)2)18-15(6)13(4)14(5)16(7)19-18;1-9-8-15(12(4)11(3)10(9)2)16-17-13(5)14(6)18(16)7;1-8-7-13(11(4)10(3)9(8)2)14-15-12(5)16-17(14)6;;;;;;;;;;;;;;;;;;;;;;;;;;/h1-10H3;11H,1-9H3;2*8H,1-7H3;1-7H3;1-6H3;3*1H4;8*1H3;;;;;;10*1H/q6*-1;;;;8*-1;;4*+3;;;;;;;;;;/i;;;;;;;;;;;;;;;;;;;;;;2*1+1D;8*1+1. The van der Waals surface area contributed by atoms with Gasteiger partial charge in [-0.05, 0) is 263 Å². The summed E-state index contributed by atoms with van der Waals surface area (Å²) >= 11 is 0. The van der Waals surface area contributed by atoms with Gasteiger partial charge in [0.25, 0.3) is 0 Å². The largest absolute Gasteiger partial charge is 3.00 e. The van der Waals surface area contributed by atoms with Gasteiger partial charge in [0.2, 0.25) is 0 Å². The van der Waals surface area contributed by atoms with Crippen LogP contribution in [0.5, 0.6) is 0 Å². The van der Waals surface area contributed by atoms with E-state index in [-0.39, 0.29) is 194 Å². The van der Waals surface area contributed by atoms with Gasteiger partial charge in [-0.1, -0.05) is 197 Å². The summed E-state index contributed by atoms with van der Waals surface area (Å²) in [6.07, 6.45) is 2.02. The van der Waals surface area contributed by atoms with E-state index < -0.39 is 0 Å². The van der Waals surface area contributed by atoms with Crippen LogP contribution in [0.4, 0.5) is 0 Å². The Bertz CT molecular complexity index is 6600. The van der Waals surface area contributed by atoms with Crippen molar-refractivity contribution in [2.24, 2.45) is 14.1 Å². The first kappa shape index (κ1) is 143. The molecule has 0 amide bonds. The van der Waals surface area contributed by atoms with Crippen molar-refractivity contribution in [3.05, 3.63) is 360 Å². The SMILES string of the molecule is C.C.C.Cc1[c-]c(-c2nc(C)c(C)c(C)c2C)c(C)cc1C.Cc1[c-]c(-c2nc(C)c(C)c(C)c2C)c(C)cc1C.Cc1[c-]c(-c2nc(C)c(C)c3c(C)c(C)c(C)c(C)c23)c(C)c(C)c1C.Cc1[c-]c(-c2nc(C)c(C)n2C)c(C)c(C)c1C.Cc1[c-]c(-c2ncc(C)c3c(C)c(C)c(C)c(C)c23)c(C)c(C)c1C.Cc1nc(-c2[c-]c(C)c(C)c(C)c2C)n(C)n1.[2HH].[2HH].[2HH].[2HH].[2HH].[2HH].[2HH].[2HH].[2H][2H].[2H][2H].[CH3-].[CH3-].[CH3-].[CH3-].[CH3-].[CH3-].[CH3-].[CH3-].[Ir+3].[Ir+3].[Ir+3].[Ir+3].[Ir]. The van der Waals surface area contributed by atoms with Gasteiger partial charge in [0.1, 0.15) is 5.82 Å². The van der Waals surface area contributed by atoms with Gasteiger partial charge in [0, 0.05) is 86.2 Å². The van der Waals surface area contributed by atoms with Gasteiger partial charge in [0.15, 0.2) is 0 Å². The molecule has 9 nitrogen and oxygen atoms in total. The zero-order valence-electron chi connectivity index (χ0n) is 98.4. The number of imidazole rings is 1. The predicted molar refractivity (Wildman–Crippen MR) is 623 cm³/mol. The molecule has 0 bridgehead atoms. The summed E-state index contributed by atoms with van der Waals surface area (Å²) in [6, 6.07) is 25.7. The van der Waals surface area contributed by atoms with Crippen LogP contribution >= 0.6 is 0 Å². The summed E-state index contributed by atoms with van der Waals surface area (Å²) in [5, 5.41) is 9.62. The number of pyridine rings is 4. The zero-order chi connectivity index (χ0) is 97.1. The fourth-order valence-corrected chi connectivity index (χ4v) is 17.3. The van der Waals surface area contributed by atoms with Crippen LogP contribution in [0, 0.1) is 400 Å². The molecular formula is C126H197Ir5N9-2. The van der Waals surface area contributed by atoms with Gasteiger partial charge in [-0.3, -0.25) is 14.6 Å². The van der Waals surface area contributed by atoms with E-state index in [0.29, 0.717) is 0 Å². The smallest absolute Gasteiger partial charge is 0.371 e. The van der Waals surface area contributed by atoms with Crippen molar-refractivity contribution in [3.63, 3.8) is 0 Å². The van der Waals surface area contributed by atoms with Gasteiger partial charge in [-0.25, -0.2) is 0 Å². The second kappa shape index (κ2) is 59.2. The first-order valence-corrected chi connectivity index (χ1v) is 44.2. The molecule has 0 fully saturated rings. The van der Waals surface area contributed by atoms with E-state index in [1.165, 1.54) is 239 Å². The van der Waals surface area contributed by atoms with Crippen LogP contribution in [0.15, 0.2) is 18.3 Å². The molecular weight excluding hydrogens is 2600 g/mol. The number of fused-ring (bicyclic) bond motifs is 2. The number of hydrogen-bond acceptors (Lipinski definition) is 7. The number of aryl methyl sites for hydroxylation is 22.